The van der Waals surface area contributed by atoms with Gasteiger partial charge in [0.1, 0.15) is 0 Å². The lowest BCUT2D eigenvalue weighted by Gasteiger charge is -2.19. The predicted molar refractivity (Wildman–Crippen MR) is 50.9 cm³/mol. The molecule has 0 aromatic heterocycles. The Morgan fingerprint density at radius 2 is 2.09 bits per heavy atom. The lowest BCUT2D eigenvalue weighted by Crippen LogP contribution is -2.34. The lowest BCUT2D eigenvalue weighted by atomic mass is 10.3. The molecule has 0 aliphatic carbocycles. The number of hydrogen-bond acceptors (Lipinski definition) is 2. The number of hydrogen-bond donors (Lipinski definition) is 0. The van der Waals surface area contributed by atoms with Gasteiger partial charge in [-0.25, -0.2) is 0 Å². The zero-order valence-corrected chi connectivity index (χ0v) is 8.57. The maximum absolute atomic E-state index is 11.4. The summed E-state index contributed by atoms with van der Waals surface area (Å²) in [5, 5.41) is 0.153. The third kappa shape index (κ3) is 3.14. The number of carbonyl (C=O) groups excluding carboxylic acids is 1. The van der Waals surface area contributed by atoms with Crippen LogP contribution in [0.3, 0.4) is 0 Å². The number of thioether (sulfide) groups is 1. The second kappa shape index (κ2) is 5.47. The van der Waals surface area contributed by atoms with Gasteiger partial charge in [0.25, 0.3) is 0 Å². The molecule has 1 atom stereocenters. The minimum atomic E-state index is 0.153. The molecule has 0 bridgehead atoms. The molecule has 0 saturated carbocycles. The van der Waals surface area contributed by atoms with Gasteiger partial charge in [0.2, 0.25) is 5.91 Å². The van der Waals surface area contributed by atoms with Crippen LogP contribution < -0.4 is 0 Å². The Bertz CT molecular complexity index is 123. The fourth-order valence-corrected chi connectivity index (χ4v) is 1.56. The van der Waals surface area contributed by atoms with Crippen LogP contribution >= 0.6 is 11.8 Å². The summed E-state index contributed by atoms with van der Waals surface area (Å²) in [4.78, 5) is 13.2. The van der Waals surface area contributed by atoms with E-state index >= 15 is 0 Å². The van der Waals surface area contributed by atoms with Crippen LogP contribution in [0.2, 0.25) is 0 Å². The maximum Gasteiger partial charge on any atom is 0.235 e. The Morgan fingerprint density at radius 3 is 2.36 bits per heavy atom. The van der Waals surface area contributed by atoms with Crippen molar-refractivity contribution < 1.29 is 4.79 Å². The summed E-state index contributed by atoms with van der Waals surface area (Å²) in [5.74, 6) is 0.252. The van der Waals surface area contributed by atoms with Crippen LogP contribution in [0.25, 0.3) is 0 Å². The van der Waals surface area contributed by atoms with Gasteiger partial charge in [0.05, 0.1) is 5.25 Å². The summed E-state index contributed by atoms with van der Waals surface area (Å²) in [6.07, 6.45) is 2.90. The number of rotatable bonds is 4. The van der Waals surface area contributed by atoms with Crippen molar-refractivity contribution in [2.24, 2.45) is 0 Å². The van der Waals surface area contributed by atoms with Crippen LogP contribution in [-0.2, 0) is 4.79 Å². The molecule has 0 rings (SSSR count). The van der Waals surface area contributed by atoms with Gasteiger partial charge in [-0.2, -0.15) is 11.8 Å². The van der Waals surface area contributed by atoms with Crippen molar-refractivity contribution in [1.82, 2.24) is 4.90 Å². The smallest absolute Gasteiger partial charge is 0.235 e. The van der Waals surface area contributed by atoms with Crippen LogP contribution in [-0.4, -0.2) is 35.9 Å². The van der Waals surface area contributed by atoms with Gasteiger partial charge in [-0.05, 0) is 19.6 Å². The molecule has 11 heavy (non-hydrogen) atoms. The molecule has 0 aliphatic rings. The highest BCUT2D eigenvalue weighted by Crippen LogP contribution is 2.12. The van der Waals surface area contributed by atoms with Crippen molar-refractivity contribution in [1.29, 1.82) is 0 Å². The Kier molecular flexibility index (Phi) is 5.38. The van der Waals surface area contributed by atoms with Gasteiger partial charge < -0.3 is 4.90 Å². The fourth-order valence-electron chi connectivity index (χ4n) is 0.844. The Morgan fingerprint density at radius 1 is 1.55 bits per heavy atom. The van der Waals surface area contributed by atoms with E-state index in [0.29, 0.717) is 0 Å². The normalized spacial score (nSPS) is 12.7. The highest BCUT2D eigenvalue weighted by molar-refractivity contribution is 7.99. The zero-order valence-electron chi connectivity index (χ0n) is 7.76. The van der Waals surface area contributed by atoms with Crippen molar-refractivity contribution in [3.05, 3.63) is 0 Å². The molecule has 0 fully saturated rings. The molecule has 2 nitrogen and oxygen atoms in total. The van der Waals surface area contributed by atoms with E-state index in [0.717, 1.165) is 13.0 Å². The first-order valence-corrected chi connectivity index (χ1v) is 5.23. The van der Waals surface area contributed by atoms with Gasteiger partial charge in [-0.3, -0.25) is 4.79 Å². The third-order valence-electron chi connectivity index (χ3n) is 1.78. The minimum Gasteiger partial charge on any atom is -0.345 e. The second-order valence-corrected chi connectivity index (χ2v) is 3.53. The lowest BCUT2D eigenvalue weighted by molar-refractivity contribution is -0.129. The van der Waals surface area contributed by atoms with Crippen LogP contribution in [0.1, 0.15) is 20.3 Å². The van der Waals surface area contributed by atoms with Crippen molar-refractivity contribution in [2.75, 3.05) is 19.8 Å². The first-order valence-electron chi connectivity index (χ1n) is 3.95. The number of nitrogens with zero attached hydrogens (tertiary/aromatic N) is 1. The van der Waals surface area contributed by atoms with E-state index in [1.165, 1.54) is 0 Å². The summed E-state index contributed by atoms with van der Waals surface area (Å²) < 4.78 is 0. The van der Waals surface area contributed by atoms with Crippen molar-refractivity contribution in [2.45, 2.75) is 25.5 Å². The van der Waals surface area contributed by atoms with Gasteiger partial charge in [0, 0.05) is 13.6 Å². The van der Waals surface area contributed by atoms with Crippen LogP contribution in [0.5, 0.6) is 0 Å². The molecule has 0 aromatic rings. The Balaban J connectivity index is 3.97. The monoisotopic (exact) mass is 175 g/mol. The molecule has 0 saturated heterocycles. The standard InChI is InChI=1S/C8H17NOS/c1-5-7(11-4)8(10)9(3)6-2/h7H,5-6H2,1-4H3. The maximum atomic E-state index is 11.4. The average molecular weight is 175 g/mol. The van der Waals surface area contributed by atoms with Gasteiger partial charge >= 0.3 is 0 Å². The van der Waals surface area contributed by atoms with E-state index in [9.17, 15) is 4.79 Å². The molecule has 0 aromatic carbocycles. The summed E-state index contributed by atoms with van der Waals surface area (Å²) in [5.41, 5.74) is 0. The molecule has 3 heteroatoms. The van der Waals surface area contributed by atoms with Gasteiger partial charge in [-0.15, -0.1) is 0 Å². The third-order valence-corrected chi connectivity index (χ3v) is 2.89. The second-order valence-electron chi connectivity index (χ2n) is 2.49. The Hall–Kier alpha value is -0.180. The zero-order chi connectivity index (χ0) is 8.85. The molecule has 1 unspecified atom stereocenters. The first-order chi connectivity index (χ1) is 5.17. The van der Waals surface area contributed by atoms with E-state index in [-0.39, 0.29) is 11.2 Å². The molecule has 0 radical (unpaired) electrons. The molecule has 66 valence electrons. The molecule has 0 heterocycles. The van der Waals surface area contributed by atoms with E-state index in [1.54, 1.807) is 16.7 Å². The van der Waals surface area contributed by atoms with Gasteiger partial charge in [0.15, 0.2) is 0 Å². The molecule has 0 N–H and O–H groups in total. The predicted octanol–water partition coefficient (Wildman–Crippen LogP) is 1.61. The molecular weight excluding hydrogens is 158 g/mol. The average Bonchev–Trinajstić information content (AvgIpc) is 2.05. The van der Waals surface area contributed by atoms with Crippen molar-refractivity contribution >= 4 is 17.7 Å². The Labute approximate surface area is 73.3 Å². The summed E-state index contributed by atoms with van der Waals surface area (Å²) >= 11 is 1.63. The first kappa shape index (κ1) is 10.8. The van der Waals surface area contributed by atoms with Crippen molar-refractivity contribution in [3.63, 3.8) is 0 Å². The van der Waals surface area contributed by atoms with Crippen molar-refractivity contribution in [3.8, 4) is 0 Å². The largest absolute Gasteiger partial charge is 0.345 e. The van der Waals surface area contributed by atoms with E-state index in [2.05, 4.69) is 0 Å². The highest BCUT2D eigenvalue weighted by Gasteiger charge is 2.17. The molecule has 0 aliphatic heterocycles. The minimum absolute atomic E-state index is 0.153. The van der Waals surface area contributed by atoms with E-state index in [1.807, 2.05) is 27.2 Å². The van der Waals surface area contributed by atoms with Crippen LogP contribution in [0, 0.1) is 0 Å². The number of amides is 1. The van der Waals surface area contributed by atoms with E-state index < -0.39 is 0 Å². The quantitative estimate of drug-likeness (QED) is 0.647. The van der Waals surface area contributed by atoms with Gasteiger partial charge in [-0.1, -0.05) is 6.92 Å². The summed E-state index contributed by atoms with van der Waals surface area (Å²) in [6.45, 7) is 4.84. The molecule has 0 spiro atoms. The van der Waals surface area contributed by atoms with Crippen LogP contribution in [0.4, 0.5) is 0 Å². The van der Waals surface area contributed by atoms with Crippen LogP contribution in [0.15, 0.2) is 0 Å². The molecule has 1 amide bonds. The summed E-state index contributed by atoms with van der Waals surface area (Å²) in [6, 6.07) is 0. The fraction of sp³-hybridized carbons (Fsp3) is 0.875. The highest BCUT2D eigenvalue weighted by atomic mass is 32.2. The SMILES string of the molecule is CCC(SC)C(=O)N(C)CC. The topological polar surface area (TPSA) is 20.3 Å². The molecular formula is C8H17NOS. The summed E-state index contributed by atoms with van der Waals surface area (Å²) in [7, 11) is 1.85. The number of carbonyl (C=O) groups is 1. The van der Waals surface area contributed by atoms with E-state index in [4.69, 9.17) is 0 Å².